The standard InChI is InChI=1S/C54H50N2O4S2/c1-4-37-14-22-41(23-15-37)55(43-26-18-39(19-27-43)30-31-57-32-45-34-59-45)53-49-12-8-6-10-47(49)51(61-53)52-48-11-7-9-13-50(48)54(62-52)56(42-24-16-38(5-2)17-25-42)44-28-20-40(21-29-44)36(3)58-33-46-35-60-46/h6-29,45-46H,3-5,30-35H2,1-2H3. The molecule has 2 unspecified atom stereocenters. The number of benzene rings is 6. The van der Waals surface area contributed by atoms with E-state index < -0.39 is 0 Å². The summed E-state index contributed by atoms with van der Waals surface area (Å²) in [6.07, 6.45) is 3.30. The van der Waals surface area contributed by atoms with Gasteiger partial charge in [-0.15, -0.1) is 22.7 Å². The maximum atomic E-state index is 5.97. The number of epoxide rings is 2. The Morgan fingerprint density at radius 3 is 1.39 bits per heavy atom. The monoisotopic (exact) mass is 854 g/mol. The van der Waals surface area contributed by atoms with Crippen molar-refractivity contribution in [2.75, 3.05) is 42.8 Å². The summed E-state index contributed by atoms with van der Waals surface area (Å²) in [5, 5.41) is 7.28. The minimum atomic E-state index is 0.177. The van der Waals surface area contributed by atoms with Gasteiger partial charge in [0.15, 0.2) is 0 Å². The van der Waals surface area contributed by atoms with E-state index in [-0.39, 0.29) is 12.2 Å². The second-order valence-corrected chi connectivity index (χ2v) is 18.0. The van der Waals surface area contributed by atoms with E-state index in [1.54, 1.807) is 0 Å². The molecule has 0 spiro atoms. The van der Waals surface area contributed by atoms with E-state index in [0.717, 1.165) is 60.8 Å². The Kier molecular flexibility index (Phi) is 11.7. The van der Waals surface area contributed by atoms with Gasteiger partial charge in [0.05, 0.1) is 36.2 Å². The van der Waals surface area contributed by atoms with Crippen LogP contribution in [0.25, 0.3) is 37.1 Å². The molecule has 8 heteroatoms. The average molecular weight is 855 g/mol. The molecule has 0 radical (unpaired) electrons. The first-order valence-corrected chi connectivity index (χ1v) is 23.3. The summed E-state index contributed by atoms with van der Waals surface area (Å²) >= 11 is 3.73. The van der Waals surface area contributed by atoms with Gasteiger partial charge in [-0.25, -0.2) is 0 Å². The first-order valence-electron chi connectivity index (χ1n) is 21.7. The molecule has 0 saturated carbocycles. The zero-order valence-corrected chi connectivity index (χ0v) is 36.9. The van der Waals surface area contributed by atoms with Crippen LogP contribution in [0.5, 0.6) is 0 Å². The number of hydrogen-bond acceptors (Lipinski definition) is 8. The summed E-state index contributed by atoms with van der Waals surface area (Å²) in [7, 11) is 0. The van der Waals surface area contributed by atoms with Gasteiger partial charge in [-0.3, -0.25) is 0 Å². The van der Waals surface area contributed by atoms with Crippen molar-refractivity contribution in [3.8, 4) is 9.75 Å². The van der Waals surface area contributed by atoms with Crippen LogP contribution in [-0.2, 0) is 38.2 Å². The van der Waals surface area contributed by atoms with Crippen LogP contribution < -0.4 is 9.80 Å². The molecule has 2 aromatic heterocycles. The quantitative estimate of drug-likeness (QED) is 0.0487. The van der Waals surface area contributed by atoms with Crippen LogP contribution in [0.3, 0.4) is 0 Å². The third-order valence-corrected chi connectivity index (χ3v) is 14.3. The van der Waals surface area contributed by atoms with E-state index in [1.165, 1.54) is 58.0 Å². The summed E-state index contributed by atoms with van der Waals surface area (Å²) < 4.78 is 22.5. The van der Waals surface area contributed by atoms with Gasteiger partial charge in [-0.2, -0.15) is 0 Å². The number of rotatable bonds is 18. The third kappa shape index (κ3) is 8.54. The van der Waals surface area contributed by atoms with Crippen LogP contribution in [0.15, 0.2) is 152 Å². The van der Waals surface area contributed by atoms with Gasteiger partial charge in [0, 0.05) is 49.9 Å². The summed E-state index contributed by atoms with van der Waals surface area (Å²) in [5.74, 6) is 0.658. The predicted molar refractivity (Wildman–Crippen MR) is 260 cm³/mol. The summed E-state index contributed by atoms with van der Waals surface area (Å²) in [4.78, 5) is 7.37. The van der Waals surface area contributed by atoms with Crippen molar-refractivity contribution >= 4 is 82.7 Å². The Morgan fingerprint density at radius 2 is 0.952 bits per heavy atom. The van der Waals surface area contributed by atoms with Crippen LogP contribution >= 0.6 is 22.7 Å². The molecule has 2 saturated heterocycles. The molecular weight excluding hydrogens is 805 g/mol. The highest BCUT2D eigenvalue weighted by molar-refractivity contribution is 7.28. The second-order valence-electron chi connectivity index (χ2n) is 16.0. The Bertz CT molecular complexity index is 2800. The van der Waals surface area contributed by atoms with Crippen molar-refractivity contribution < 1.29 is 18.9 Å². The van der Waals surface area contributed by atoms with Crippen molar-refractivity contribution in [1.82, 2.24) is 0 Å². The molecule has 0 amide bonds. The Hall–Kier alpha value is -5.74. The summed E-state index contributed by atoms with van der Waals surface area (Å²) in [6, 6.07) is 53.4. The van der Waals surface area contributed by atoms with Gasteiger partial charge in [-0.1, -0.05) is 105 Å². The van der Waals surface area contributed by atoms with Crippen LogP contribution in [-0.4, -0.2) is 45.2 Å². The molecule has 6 aromatic carbocycles. The van der Waals surface area contributed by atoms with E-state index in [2.05, 4.69) is 176 Å². The average Bonchev–Trinajstić information content (AvgIpc) is 4.27. The Balaban J connectivity index is 1.07. The van der Waals surface area contributed by atoms with Crippen LogP contribution in [0.2, 0.25) is 0 Å². The molecule has 6 nitrogen and oxygen atoms in total. The number of fused-ring (bicyclic) bond motifs is 2. The molecule has 62 heavy (non-hydrogen) atoms. The minimum absolute atomic E-state index is 0.177. The number of thiophene rings is 2. The molecule has 312 valence electrons. The molecule has 2 fully saturated rings. The van der Waals surface area contributed by atoms with Gasteiger partial charge in [0.1, 0.15) is 34.6 Å². The van der Waals surface area contributed by atoms with Crippen molar-refractivity contribution in [3.63, 3.8) is 0 Å². The van der Waals surface area contributed by atoms with Crippen LogP contribution in [0.4, 0.5) is 32.8 Å². The SMILES string of the molecule is C=C(OCC1CO1)c1ccc(N(c2ccc(CC)cc2)c2sc(-c3sc(N(c4ccc(CC)cc4)c4ccc(CCOCC5CO5)cc4)c4ccccc34)c3ccccc23)cc1. The third-order valence-electron chi connectivity index (χ3n) is 11.7. The highest BCUT2D eigenvalue weighted by Crippen LogP contribution is 2.55. The molecule has 0 aliphatic carbocycles. The molecule has 4 heterocycles. The van der Waals surface area contributed by atoms with Gasteiger partial charge in [0.25, 0.3) is 0 Å². The van der Waals surface area contributed by atoms with E-state index in [4.69, 9.17) is 18.9 Å². The highest BCUT2D eigenvalue weighted by atomic mass is 32.1. The Labute approximate surface area is 372 Å². The fourth-order valence-electron chi connectivity index (χ4n) is 7.96. The summed E-state index contributed by atoms with van der Waals surface area (Å²) in [5.41, 5.74) is 9.29. The van der Waals surface area contributed by atoms with E-state index >= 15 is 0 Å². The molecule has 0 bridgehead atoms. The number of hydrogen-bond donors (Lipinski definition) is 0. The lowest BCUT2D eigenvalue weighted by atomic mass is 10.1. The minimum Gasteiger partial charge on any atom is -0.491 e. The zero-order valence-electron chi connectivity index (χ0n) is 35.2. The normalized spacial score (nSPS) is 15.5. The predicted octanol–water partition coefficient (Wildman–Crippen LogP) is 14.2. The lowest BCUT2D eigenvalue weighted by Gasteiger charge is -2.25. The van der Waals surface area contributed by atoms with Crippen molar-refractivity contribution in [2.45, 2.75) is 45.3 Å². The number of ether oxygens (including phenoxy) is 4. The first-order chi connectivity index (χ1) is 30.5. The smallest absolute Gasteiger partial charge is 0.119 e. The van der Waals surface area contributed by atoms with Crippen molar-refractivity contribution in [3.05, 3.63) is 174 Å². The lowest BCUT2D eigenvalue weighted by Crippen LogP contribution is -2.09. The molecule has 2 atom stereocenters. The van der Waals surface area contributed by atoms with Gasteiger partial charge in [-0.05, 0) is 96.6 Å². The molecule has 2 aliphatic heterocycles. The number of aryl methyl sites for hydroxylation is 2. The topological polar surface area (TPSA) is 50.0 Å². The molecule has 10 rings (SSSR count). The van der Waals surface area contributed by atoms with Gasteiger partial charge in [0.2, 0.25) is 0 Å². The fourth-order valence-corrected chi connectivity index (χ4v) is 10.8. The summed E-state index contributed by atoms with van der Waals surface area (Å²) in [6.45, 7) is 12.1. The molecular formula is C54H50N2O4S2. The second kappa shape index (κ2) is 17.9. The van der Waals surface area contributed by atoms with E-state index in [0.29, 0.717) is 25.6 Å². The first kappa shape index (κ1) is 40.3. The van der Waals surface area contributed by atoms with Crippen LogP contribution in [0, 0.1) is 0 Å². The largest absolute Gasteiger partial charge is 0.491 e. The van der Waals surface area contributed by atoms with E-state index in [1.807, 2.05) is 22.7 Å². The van der Waals surface area contributed by atoms with Crippen LogP contribution in [0.1, 0.15) is 36.1 Å². The number of nitrogens with zero attached hydrogens (tertiary/aromatic N) is 2. The number of anilines is 6. The highest BCUT2D eigenvalue weighted by Gasteiger charge is 2.27. The fraction of sp³-hybridized carbons (Fsp3) is 0.222. The van der Waals surface area contributed by atoms with E-state index in [9.17, 15) is 0 Å². The van der Waals surface area contributed by atoms with Crippen molar-refractivity contribution in [2.24, 2.45) is 0 Å². The zero-order chi connectivity index (χ0) is 42.0. The van der Waals surface area contributed by atoms with Crippen molar-refractivity contribution in [1.29, 1.82) is 0 Å². The van der Waals surface area contributed by atoms with Gasteiger partial charge < -0.3 is 28.7 Å². The molecule has 2 aliphatic rings. The molecule has 8 aromatic rings. The van der Waals surface area contributed by atoms with Gasteiger partial charge >= 0.3 is 0 Å². The molecule has 0 N–H and O–H groups in total. The lowest BCUT2D eigenvalue weighted by molar-refractivity contribution is 0.119. The maximum absolute atomic E-state index is 5.97. The maximum Gasteiger partial charge on any atom is 0.119 e. The Morgan fingerprint density at radius 1 is 0.548 bits per heavy atom.